The van der Waals surface area contributed by atoms with Crippen molar-refractivity contribution < 1.29 is 9.90 Å². The number of carboxylic acids is 1. The molecular weight excluding hydrogens is 238 g/mol. The highest BCUT2D eigenvalue weighted by atomic mass is 35.5. The number of hydrogen-bond donors (Lipinski definition) is 1. The Kier molecular flexibility index (Phi) is 4.02. The fourth-order valence-electron chi connectivity index (χ4n) is 2.23. The molecule has 0 spiro atoms. The standard InChI is InChI=1S/C13H16ClNO2/c14-12-4-3-10-5-7-15(9-11(10)8-12)6-1-2-13(16)17/h3-4,8H,1-2,5-7,9H2,(H,16,17). The van der Waals surface area contributed by atoms with Gasteiger partial charge in [-0.05, 0) is 42.6 Å². The van der Waals surface area contributed by atoms with Crippen molar-refractivity contribution in [3.63, 3.8) is 0 Å². The van der Waals surface area contributed by atoms with Crippen molar-refractivity contribution in [1.29, 1.82) is 0 Å². The van der Waals surface area contributed by atoms with Crippen LogP contribution in [0.25, 0.3) is 0 Å². The van der Waals surface area contributed by atoms with Gasteiger partial charge >= 0.3 is 5.97 Å². The van der Waals surface area contributed by atoms with Crippen molar-refractivity contribution in [2.24, 2.45) is 0 Å². The van der Waals surface area contributed by atoms with Crippen molar-refractivity contribution in [2.75, 3.05) is 13.1 Å². The number of halogens is 1. The number of rotatable bonds is 4. The summed E-state index contributed by atoms with van der Waals surface area (Å²) in [5.41, 5.74) is 2.64. The van der Waals surface area contributed by atoms with Crippen LogP contribution in [0, 0.1) is 0 Å². The van der Waals surface area contributed by atoms with E-state index in [1.165, 1.54) is 11.1 Å². The smallest absolute Gasteiger partial charge is 0.303 e. The summed E-state index contributed by atoms with van der Waals surface area (Å²) >= 11 is 5.97. The molecule has 2 rings (SSSR count). The molecule has 1 heterocycles. The van der Waals surface area contributed by atoms with E-state index in [0.29, 0.717) is 6.42 Å². The fraction of sp³-hybridized carbons (Fsp3) is 0.462. The average Bonchev–Trinajstić information content (AvgIpc) is 2.28. The summed E-state index contributed by atoms with van der Waals surface area (Å²) in [5.74, 6) is -0.717. The van der Waals surface area contributed by atoms with Crippen molar-refractivity contribution in [3.05, 3.63) is 34.3 Å². The maximum Gasteiger partial charge on any atom is 0.303 e. The Balaban J connectivity index is 1.91. The zero-order chi connectivity index (χ0) is 12.3. The van der Waals surface area contributed by atoms with E-state index in [-0.39, 0.29) is 6.42 Å². The first-order valence-corrected chi connectivity index (χ1v) is 6.24. The molecular formula is C13H16ClNO2. The monoisotopic (exact) mass is 253 g/mol. The third-order valence-corrected chi connectivity index (χ3v) is 3.36. The normalized spacial score (nSPS) is 15.6. The predicted molar refractivity (Wildman–Crippen MR) is 67.3 cm³/mol. The summed E-state index contributed by atoms with van der Waals surface area (Å²) in [6.07, 6.45) is 1.99. The van der Waals surface area contributed by atoms with Crippen molar-refractivity contribution >= 4 is 17.6 Å². The second-order valence-corrected chi connectivity index (χ2v) is 4.87. The third-order valence-electron chi connectivity index (χ3n) is 3.12. The van der Waals surface area contributed by atoms with Crippen LogP contribution in [0.4, 0.5) is 0 Å². The molecule has 1 aliphatic heterocycles. The summed E-state index contributed by atoms with van der Waals surface area (Å²) in [5, 5.41) is 9.38. The minimum Gasteiger partial charge on any atom is -0.481 e. The lowest BCUT2D eigenvalue weighted by molar-refractivity contribution is -0.137. The SMILES string of the molecule is O=C(O)CCCN1CCc2ccc(Cl)cc2C1. The number of benzene rings is 1. The average molecular weight is 254 g/mol. The Morgan fingerprint density at radius 1 is 1.41 bits per heavy atom. The molecule has 0 aromatic heterocycles. The van der Waals surface area contributed by atoms with Crippen LogP contribution in [-0.4, -0.2) is 29.1 Å². The Labute approximate surface area is 106 Å². The molecule has 3 nitrogen and oxygen atoms in total. The molecule has 0 saturated carbocycles. The van der Waals surface area contributed by atoms with E-state index >= 15 is 0 Å². The van der Waals surface area contributed by atoms with Crippen LogP contribution in [0.5, 0.6) is 0 Å². The Bertz CT molecular complexity index is 420. The number of carboxylic acid groups (broad SMARTS) is 1. The minimum absolute atomic E-state index is 0.249. The van der Waals surface area contributed by atoms with Gasteiger partial charge in [-0.15, -0.1) is 0 Å². The molecule has 0 atom stereocenters. The quantitative estimate of drug-likeness (QED) is 0.897. The molecule has 1 aromatic rings. The van der Waals surface area contributed by atoms with Gasteiger partial charge in [-0.25, -0.2) is 0 Å². The largest absolute Gasteiger partial charge is 0.481 e. The van der Waals surface area contributed by atoms with Gasteiger partial charge in [0.1, 0.15) is 0 Å². The minimum atomic E-state index is -0.717. The van der Waals surface area contributed by atoms with E-state index < -0.39 is 5.97 Å². The van der Waals surface area contributed by atoms with Crippen LogP contribution in [0.3, 0.4) is 0 Å². The molecule has 0 aliphatic carbocycles. The van der Waals surface area contributed by atoms with Crippen LogP contribution in [-0.2, 0) is 17.8 Å². The van der Waals surface area contributed by atoms with Crippen molar-refractivity contribution in [3.8, 4) is 0 Å². The zero-order valence-electron chi connectivity index (χ0n) is 9.66. The van der Waals surface area contributed by atoms with E-state index in [1.54, 1.807) is 0 Å². The van der Waals surface area contributed by atoms with Crippen LogP contribution in [0.2, 0.25) is 5.02 Å². The van der Waals surface area contributed by atoms with Gasteiger partial charge in [0.05, 0.1) is 0 Å². The molecule has 0 radical (unpaired) electrons. The van der Waals surface area contributed by atoms with E-state index in [4.69, 9.17) is 16.7 Å². The van der Waals surface area contributed by atoms with Gasteiger partial charge in [0.2, 0.25) is 0 Å². The van der Waals surface area contributed by atoms with Crippen LogP contribution < -0.4 is 0 Å². The molecule has 1 aliphatic rings. The van der Waals surface area contributed by atoms with Gasteiger partial charge in [-0.1, -0.05) is 17.7 Å². The molecule has 0 saturated heterocycles. The second kappa shape index (κ2) is 5.52. The van der Waals surface area contributed by atoms with Gasteiger partial charge in [0, 0.05) is 24.5 Å². The van der Waals surface area contributed by atoms with Gasteiger partial charge in [0.25, 0.3) is 0 Å². The van der Waals surface area contributed by atoms with Crippen LogP contribution in [0.15, 0.2) is 18.2 Å². The molecule has 0 amide bonds. The molecule has 0 fully saturated rings. The maximum absolute atomic E-state index is 10.4. The lowest BCUT2D eigenvalue weighted by atomic mass is 10.00. The Morgan fingerprint density at radius 2 is 2.24 bits per heavy atom. The van der Waals surface area contributed by atoms with Crippen LogP contribution in [0.1, 0.15) is 24.0 Å². The summed E-state index contributed by atoms with van der Waals surface area (Å²) in [4.78, 5) is 12.7. The van der Waals surface area contributed by atoms with E-state index in [0.717, 1.165) is 31.1 Å². The van der Waals surface area contributed by atoms with Gasteiger partial charge < -0.3 is 5.11 Å². The maximum atomic E-state index is 10.4. The molecule has 92 valence electrons. The fourth-order valence-corrected chi connectivity index (χ4v) is 2.42. The lowest BCUT2D eigenvalue weighted by Crippen LogP contribution is -2.31. The predicted octanol–water partition coefficient (Wildman–Crippen LogP) is 2.56. The first-order chi connectivity index (χ1) is 8.15. The summed E-state index contributed by atoms with van der Waals surface area (Å²) in [7, 11) is 0. The van der Waals surface area contributed by atoms with Gasteiger partial charge in [-0.2, -0.15) is 0 Å². The van der Waals surface area contributed by atoms with E-state index in [9.17, 15) is 4.79 Å². The first kappa shape index (κ1) is 12.4. The number of carbonyl (C=O) groups is 1. The van der Waals surface area contributed by atoms with Crippen LogP contribution >= 0.6 is 11.6 Å². The lowest BCUT2D eigenvalue weighted by Gasteiger charge is -2.28. The van der Waals surface area contributed by atoms with Crippen molar-refractivity contribution in [1.82, 2.24) is 4.90 Å². The first-order valence-electron chi connectivity index (χ1n) is 5.86. The highest BCUT2D eigenvalue weighted by Crippen LogP contribution is 2.22. The zero-order valence-corrected chi connectivity index (χ0v) is 10.4. The summed E-state index contributed by atoms with van der Waals surface area (Å²) in [6, 6.07) is 6.03. The summed E-state index contributed by atoms with van der Waals surface area (Å²) in [6.45, 7) is 2.74. The van der Waals surface area contributed by atoms with E-state index in [2.05, 4.69) is 11.0 Å². The highest BCUT2D eigenvalue weighted by molar-refractivity contribution is 6.30. The summed E-state index contributed by atoms with van der Waals surface area (Å²) < 4.78 is 0. The molecule has 1 N–H and O–H groups in total. The molecule has 4 heteroatoms. The second-order valence-electron chi connectivity index (χ2n) is 4.44. The van der Waals surface area contributed by atoms with Gasteiger partial charge in [0.15, 0.2) is 0 Å². The number of aliphatic carboxylic acids is 1. The van der Waals surface area contributed by atoms with E-state index in [1.807, 2.05) is 12.1 Å². The number of hydrogen-bond acceptors (Lipinski definition) is 2. The molecule has 1 aromatic carbocycles. The molecule has 17 heavy (non-hydrogen) atoms. The highest BCUT2D eigenvalue weighted by Gasteiger charge is 2.16. The molecule has 0 unspecified atom stereocenters. The Hall–Kier alpha value is -1.06. The third kappa shape index (κ3) is 3.45. The molecule has 0 bridgehead atoms. The number of fused-ring (bicyclic) bond motifs is 1. The topological polar surface area (TPSA) is 40.5 Å². The number of nitrogens with zero attached hydrogens (tertiary/aromatic N) is 1. The van der Waals surface area contributed by atoms with Crippen molar-refractivity contribution in [2.45, 2.75) is 25.8 Å². The van der Waals surface area contributed by atoms with Gasteiger partial charge in [-0.3, -0.25) is 9.69 Å². The Morgan fingerprint density at radius 3 is 3.00 bits per heavy atom.